The molecule has 0 bridgehead atoms. The molecule has 31 heavy (non-hydrogen) atoms. The van der Waals surface area contributed by atoms with E-state index in [2.05, 4.69) is 52.3 Å². The standard InChI is InChI=1S/C25H33N5O/c1-18-12-21(22-6-5-20(13-26)25-23(22)4-3-9-27-25)16-30(15-18)17-24(31)28-14-19-7-10-29(2)11-8-19/h3-6,9,18-19,21H,7-8,10-12,14-17H2,1-2H3,(H,28,31)/t18-,21-/m1/s1. The van der Waals surface area contributed by atoms with Crippen molar-refractivity contribution in [2.75, 3.05) is 46.3 Å². The summed E-state index contributed by atoms with van der Waals surface area (Å²) in [6.45, 7) is 7.58. The molecule has 1 aromatic heterocycles. The van der Waals surface area contributed by atoms with E-state index in [9.17, 15) is 10.1 Å². The van der Waals surface area contributed by atoms with Crippen molar-refractivity contribution >= 4 is 16.8 Å². The summed E-state index contributed by atoms with van der Waals surface area (Å²) in [7, 11) is 2.16. The van der Waals surface area contributed by atoms with E-state index in [0.29, 0.717) is 29.9 Å². The first-order valence-corrected chi connectivity index (χ1v) is 11.5. The Morgan fingerprint density at radius 1 is 1.26 bits per heavy atom. The van der Waals surface area contributed by atoms with Gasteiger partial charge in [-0.2, -0.15) is 5.26 Å². The number of nitrogens with zero attached hydrogens (tertiary/aromatic N) is 4. The molecule has 0 spiro atoms. The van der Waals surface area contributed by atoms with Crippen LogP contribution in [-0.4, -0.2) is 67.0 Å². The Labute approximate surface area is 185 Å². The van der Waals surface area contributed by atoms with Gasteiger partial charge >= 0.3 is 0 Å². The fourth-order valence-corrected chi connectivity index (χ4v) is 5.24. The molecule has 0 unspecified atom stereocenters. The lowest BCUT2D eigenvalue weighted by Gasteiger charge is -2.37. The Kier molecular flexibility index (Phi) is 6.84. The minimum absolute atomic E-state index is 0.137. The van der Waals surface area contributed by atoms with Gasteiger partial charge in [-0.25, -0.2) is 0 Å². The maximum atomic E-state index is 12.7. The molecular weight excluding hydrogens is 386 g/mol. The number of hydrogen-bond donors (Lipinski definition) is 1. The molecule has 2 fully saturated rings. The monoisotopic (exact) mass is 419 g/mol. The van der Waals surface area contributed by atoms with Gasteiger partial charge in [-0.15, -0.1) is 0 Å². The fourth-order valence-electron chi connectivity index (χ4n) is 5.24. The molecule has 3 heterocycles. The highest BCUT2D eigenvalue weighted by atomic mass is 16.2. The number of hydrogen-bond acceptors (Lipinski definition) is 5. The van der Waals surface area contributed by atoms with E-state index in [1.807, 2.05) is 12.1 Å². The van der Waals surface area contributed by atoms with Gasteiger partial charge < -0.3 is 10.2 Å². The van der Waals surface area contributed by atoms with Crippen molar-refractivity contribution in [1.29, 1.82) is 5.26 Å². The smallest absolute Gasteiger partial charge is 0.234 e. The Morgan fingerprint density at radius 2 is 2.06 bits per heavy atom. The van der Waals surface area contributed by atoms with Crippen molar-refractivity contribution in [3.05, 3.63) is 41.6 Å². The van der Waals surface area contributed by atoms with Crippen molar-refractivity contribution in [2.24, 2.45) is 11.8 Å². The second-order valence-corrected chi connectivity index (χ2v) is 9.50. The van der Waals surface area contributed by atoms with Crippen molar-refractivity contribution in [2.45, 2.75) is 32.1 Å². The molecule has 0 saturated carbocycles. The number of rotatable bonds is 5. The number of amides is 1. The van der Waals surface area contributed by atoms with Crippen LogP contribution in [0.25, 0.3) is 10.9 Å². The van der Waals surface area contributed by atoms with Crippen LogP contribution in [0.5, 0.6) is 0 Å². The number of nitrogens with one attached hydrogen (secondary N) is 1. The van der Waals surface area contributed by atoms with E-state index in [-0.39, 0.29) is 5.91 Å². The number of likely N-dealkylation sites (tertiary alicyclic amines) is 2. The molecule has 164 valence electrons. The fraction of sp³-hybridized carbons (Fsp3) is 0.560. The summed E-state index contributed by atoms with van der Waals surface area (Å²) in [6, 6.07) is 10.2. The molecule has 6 heteroatoms. The average molecular weight is 420 g/mol. The van der Waals surface area contributed by atoms with Crippen LogP contribution in [0.1, 0.15) is 43.2 Å². The first-order valence-electron chi connectivity index (χ1n) is 11.5. The normalized spacial score (nSPS) is 23.5. The lowest BCUT2D eigenvalue weighted by molar-refractivity contribution is -0.123. The van der Waals surface area contributed by atoms with Gasteiger partial charge in [-0.3, -0.25) is 14.7 Å². The Hall–Kier alpha value is -2.49. The molecule has 4 rings (SSSR count). The number of nitriles is 1. The molecular formula is C25H33N5O. The zero-order chi connectivity index (χ0) is 21.8. The van der Waals surface area contributed by atoms with E-state index >= 15 is 0 Å². The van der Waals surface area contributed by atoms with Gasteiger partial charge in [0, 0.05) is 31.2 Å². The molecule has 2 aliphatic heterocycles. The Balaban J connectivity index is 1.40. The van der Waals surface area contributed by atoms with Crippen molar-refractivity contribution in [3.8, 4) is 6.07 Å². The van der Waals surface area contributed by atoms with Gasteiger partial charge in [0.1, 0.15) is 6.07 Å². The van der Waals surface area contributed by atoms with Crippen molar-refractivity contribution in [1.82, 2.24) is 20.1 Å². The van der Waals surface area contributed by atoms with Crippen LogP contribution < -0.4 is 5.32 Å². The number of pyridine rings is 1. The highest BCUT2D eigenvalue weighted by Crippen LogP contribution is 2.34. The number of aromatic nitrogens is 1. The predicted molar refractivity (Wildman–Crippen MR) is 123 cm³/mol. The SMILES string of the molecule is C[C@@H]1C[C@@H](c2ccc(C#N)c3ncccc23)CN(CC(=O)NCC2CCN(C)CC2)C1. The third kappa shape index (κ3) is 5.23. The number of carbonyl (C=O) groups is 1. The number of carbonyl (C=O) groups excluding carboxylic acids is 1. The van der Waals surface area contributed by atoms with E-state index in [4.69, 9.17) is 0 Å². The summed E-state index contributed by atoms with van der Waals surface area (Å²) in [5.41, 5.74) is 2.64. The minimum atomic E-state index is 0.137. The van der Waals surface area contributed by atoms with Crippen LogP contribution in [0.3, 0.4) is 0 Å². The van der Waals surface area contributed by atoms with Crippen LogP contribution in [0.2, 0.25) is 0 Å². The Morgan fingerprint density at radius 3 is 2.84 bits per heavy atom. The van der Waals surface area contributed by atoms with E-state index in [1.54, 1.807) is 6.20 Å². The zero-order valence-corrected chi connectivity index (χ0v) is 18.7. The van der Waals surface area contributed by atoms with Crippen molar-refractivity contribution in [3.63, 3.8) is 0 Å². The first kappa shape index (κ1) is 21.7. The van der Waals surface area contributed by atoms with E-state index in [0.717, 1.165) is 50.0 Å². The summed E-state index contributed by atoms with van der Waals surface area (Å²) in [4.78, 5) is 21.8. The van der Waals surface area contributed by atoms with Crippen LogP contribution in [0.15, 0.2) is 30.5 Å². The van der Waals surface area contributed by atoms with Gasteiger partial charge in [0.05, 0.1) is 17.6 Å². The summed E-state index contributed by atoms with van der Waals surface area (Å²) >= 11 is 0. The summed E-state index contributed by atoms with van der Waals surface area (Å²) in [5.74, 6) is 1.59. The lowest BCUT2D eigenvalue weighted by Crippen LogP contribution is -2.45. The van der Waals surface area contributed by atoms with E-state index < -0.39 is 0 Å². The second kappa shape index (κ2) is 9.76. The second-order valence-electron chi connectivity index (χ2n) is 9.50. The summed E-state index contributed by atoms with van der Waals surface area (Å²) in [6.07, 6.45) is 5.17. The topological polar surface area (TPSA) is 72.3 Å². The first-order chi connectivity index (χ1) is 15.0. The molecule has 2 aliphatic rings. The quantitative estimate of drug-likeness (QED) is 0.807. The third-order valence-corrected chi connectivity index (χ3v) is 6.89. The van der Waals surface area contributed by atoms with Crippen LogP contribution in [-0.2, 0) is 4.79 Å². The predicted octanol–water partition coefficient (Wildman–Crippen LogP) is 2.99. The van der Waals surface area contributed by atoms with Gasteiger partial charge in [-0.05, 0) is 74.8 Å². The number of benzene rings is 1. The molecule has 1 N–H and O–H groups in total. The molecule has 2 saturated heterocycles. The average Bonchev–Trinajstić information content (AvgIpc) is 2.77. The van der Waals surface area contributed by atoms with Crippen LogP contribution >= 0.6 is 0 Å². The summed E-state index contributed by atoms with van der Waals surface area (Å²) in [5, 5.41) is 13.7. The van der Waals surface area contributed by atoms with Crippen LogP contribution in [0.4, 0.5) is 0 Å². The molecule has 0 aliphatic carbocycles. The molecule has 1 amide bonds. The van der Waals surface area contributed by atoms with Gasteiger partial charge in [0.25, 0.3) is 0 Å². The maximum Gasteiger partial charge on any atom is 0.234 e. The molecule has 6 nitrogen and oxygen atoms in total. The third-order valence-electron chi connectivity index (χ3n) is 6.89. The summed E-state index contributed by atoms with van der Waals surface area (Å²) < 4.78 is 0. The zero-order valence-electron chi connectivity index (χ0n) is 18.7. The van der Waals surface area contributed by atoms with Gasteiger partial charge in [-0.1, -0.05) is 19.1 Å². The molecule has 2 atom stereocenters. The highest BCUT2D eigenvalue weighted by molar-refractivity contribution is 5.87. The number of fused-ring (bicyclic) bond motifs is 1. The van der Waals surface area contributed by atoms with Crippen molar-refractivity contribution < 1.29 is 4.79 Å². The molecule has 0 radical (unpaired) electrons. The lowest BCUT2D eigenvalue weighted by atomic mass is 9.83. The largest absolute Gasteiger partial charge is 0.355 e. The van der Waals surface area contributed by atoms with Gasteiger partial charge in [0.15, 0.2) is 0 Å². The molecule has 2 aromatic rings. The maximum absolute atomic E-state index is 12.7. The highest BCUT2D eigenvalue weighted by Gasteiger charge is 2.28. The molecule has 1 aromatic carbocycles. The number of piperidine rings is 2. The van der Waals surface area contributed by atoms with E-state index in [1.165, 1.54) is 18.4 Å². The minimum Gasteiger partial charge on any atom is -0.355 e. The van der Waals surface area contributed by atoms with Gasteiger partial charge in [0.2, 0.25) is 5.91 Å². The Bertz CT molecular complexity index is 960. The van der Waals surface area contributed by atoms with Crippen LogP contribution in [0, 0.1) is 23.2 Å².